The van der Waals surface area contributed by atoms with Crippen LogP contribution in [0.4, 0.5) is 0 Å². The smallest absolute Gasteiger partial charge is 0.356 e. The Balaban J connectivity index is 2.71. The van der Waals surface area contributed by atoms with E-state index in [1.165, 1.54) is 12.1 Å². The lowest BCUT2D eigenvalue weighted by Crippen LogP contribution is -2.13. The van der Waals surface area contributed by atoms with Crippen molar-refractivity contribution in [2.75, 3.05) is 25.9 Å². The van der Waals surface area contributed by atoms with Gasteiger partial charge in [-0.3, -0.25) is 0 Å². The Morgan fingerprint density at radius 1 is 1.26 bits per heavy atom. The summed E-state index contributed by atoms with van der Waals surface area (Å²) in [7, 11) is -3.61. The average molecular weight is 288 g/mol. The van der Waals surface area contributed by atoms with Crippen LogP contribution in [0.1, 0.15) is 16.8 Å². The second kappa shape index (κ2) is 7.53. The summed E-state index contributed by atoms with van der Waals surface area (Å²) in [5.41, 5.74) is 4.86. The third-order valence-electron chi connectivity index (χ3n) is 2.46. The fourth-order valence-corrected chi connectivity index (χ4v) is 2.87. The van der Waals surface area contributed by atoms with E-state index in [1.807, 2.05) is 0 Å². The first-order valence-electron chi connectivity index (χ1n) is 5.93. The largest absolute Gasteiger partial charge is 0.491 e. The van der Waals surface area contributed by atoms with Crippen LogP contribution in [0, 0.1) is 0 Å². The number of nitrogens with two attached hydrogens (primary N) is 1. The van der Waals surface area contributed by atoms with E-state index in [-0.39, 0.29) is 24.9 Å². The molecule has 0 heterocycles. The molecule has 19 heavy (non-hydrogen) atoms. The van der Waals surface area contributed by atoms with Gasteiger partial charge in [0.15, 0.2) is 0 Å². The van der Waals surface area contributed by atoms with Gasteiger partial charge in [0.2, 0.25) is 0 Å². The molecule has 1 aromatic rings. The van der Waals surface area contributed by atoms with Crippen molar-refractivity contribution in [1.82, 2.24) is 0 Å². The van der Waals surface area contributed by atoms with E-state index in [0.29, 0.717) is 18.7 Å². The summed E-state index contributed by atoms with van der Waals surface area (Å²) in [5, 5.41) is 8.61. The van der Waals surface area contributed by atoms with Gasteiger partial charge in [-0.15, -0.1) is 0 Å². The SMILES string of the molecule is NCCC[P+](O)(O)C(=O)c1ccc(OCCO)cc1. The summed E-state index contributed by atoms with van der Waals surface area (Å²) in [4.78, 5) is 31.5. The number of benzene rings is 1. The fourth-order valence-electron chi connectivity index (χ4n) is 1.48. The molecule has 0 saturated heterocycles. The minimum Gasteiger partial charge on any atom is -0.491 e. The van der Waals surface area contributed by atoms with Gasteiger partial charge in [0.25, 0.3) is 0 Å². The predicted molar refractivity (Wildman–Crippen MR) is 73.2 cm³/mol. The van der Waals surface area contributed by atoms with Gasteiger partial charge in [0, 0.05) is 0 Å². The number of rotatable bonds is 8. The number of aliphatic hydroxyl groups is 1. The van der Waals surface area contributed by atoms with Crippen LogP contribution < -0.4 is 10.5 Å². The molecule has 0 fully saturated rings. The third kappa shape index (κ3) is 4.86. The molecule has 0 aliphatic carbocycles. The van der Waals surface area contributed by atoms with Crippen molar-refractivity contribution in [2.45, 2.75) is 6.42 Å². The molecule has 0 radical (unpaired) electrons. The van der Waals surface area contributed by atoms with Gasteiger partial charge in [-0.05, 0) is 37.2 Å². The Kier molecular flexibility index (Phi) is 6.34. The second-order valence-electron chi connectivity index (χ2n) is 4.00. The van der Waals surface area contributed by atoms with E-state index in [1.54, 1.807) is 12.1 Å². The highest BCUT2D eigenvalue weighted by atomic mass is 31.2. The average Bonchev–Trinajstić information content (AvgIpc) is 2.42. The monoisotopic (exact) mass is 288 g/mol. The fraction of sp³-hybridized carbons (Fsp3) is 0.417. The van der Waals surface area contributed by atoms with E-state index in [4.69, 9.17) is 15.6 Å². The van der Waals surface area contributed by atoms with Crippen molar-refractivity contribution >= 4 is 13.2 Å². The van der Waals surface area contributed by atoms with Gasteiger partial charge < -0.3 is 15.6 Å². The molecule has 0 aliphatic heterocycles. The topological polar surface area (TPSA) is 113 Å². The zero-order chi connectivity index (χ0) is 14.3. The van der Waals surface area contributed by atoms with E-state index in [0.717, 1.165) is 0 Å². The minimum atomic E-state index is -3.61. The first kappa shape index (κ1) is 16.0. The van der Waals surface area contributed by atoms with Crippen molar-refractivity contribution in [2.24, 2.45) is 5.73 Å². The molecule has 5 N–H and O–H groups in total. The molecule has 7 heteroatoms. The van der Waals surface area contributed by atoms with Crippen LogP contribution in [0.2, 0.25) is 0 Å². The molecule has 0 bridgehead atoms. The number of aliphatic hydroxyl groups excluding tert-OH is 1. The predicted octanol–water partition coefficient (Wildman–Crippen LogP) is 0.379. The standard InChI is InChI=1S/C12H19NO5P/c13-6-1-9-19(16,17)12(15)10-2-4-11(5-3-10)18-8-7-14/h2-5,14,16-17H,1,6-9,13H2/q+1. The number of carbonyl (C=O) groups excluding carboxylic acids is 1. The second-order valence-corrected chi connectivity index (χ2v) is 6.31. The molecule has 0 aromatic heterocycles. The van der Waals surface area contributed by atoms with Crippen molar-refractivity contribution in [3.05, 3.63) is 29.8 Å². The minimum absolute atomic E-state index is 0.00506. The number of hydrogen-bond acceptors (Lipinski definition) is 6. The highest BCUT2D eigenvalue weighted by Crippen LogP contribution is 2.53. The Hall–Kier alpha value is -1.04. The molecule has 0 atom stereocenters. The van der Waals surface area contributed by atoms with Crippen molar-refractivity contribution < 1.29 is 24.4 Å². The quantitative estimate of drug-likeness (QED) is 0.514. The van der Waals surface area contributed by atoms with Crippen LogP contribution in [0.3, 0.4) is 0 Å². The van der Waals surface area contributed by atoms with E-state index in [2.05, 4.69) is 0 Å². The van der Waals surface area contributed by atoms with Crippen LogP contribution in [-0.4, -0.2) is 46.3 Å². The molecule has 0 unspecified atom stereocenters. The maximum atomic E-state index is 11.9. The first-order chi connectivity index (χ1) is 9.01. The molecule has 6 nitrogen and oxygen atoms in total. The van der Waals surface area contributed by atoms with E-state index in [9.17, 15) is 14.6 Å². The highest BCUT2D eigenvalue weighted by Gasteiger charge is 2.43. The summed E-state index contributed by atoms with van der Waals surface area (Å²) in [6.07, 6.45) is 0.398. The van der Waals surface area contributed by atoms with Crippen LogP contribution in [-0.2, 0) is 0 Å². The molecule has 0 spiro atoms. The summed E-state index contributed by atoms with van der Waals surface area (Å²) >= 11 is 0. The van der Waals surface area contributed by atoms with Crippen molar-refractivity contribution in [3.63, 3.8) is 0 Å². The molecule has 1 aromatic carbocycles. The van der Waals surface area contributed by atoms with E-state index >= 15 is 0 Å². The van der Waals surface area contributed by atoms with Crippen LogP contribution in [0.15, 0.2) is 24.3 Å². The van der Waals surface area contributed by atoms with Crippen molar-refractivity contribution in [3.8, 4) is 5.75 Å². The van der Waals surface area contributed by atoms with Gasteiger partial charge >= 0.3 is 13.2 Å². The van der Waals surface area contributed by atoms with Crippen molar-refractivity contribution in [1.29, 1.82) is 0 Å². The zero-order valence-electron chi connectivity index (χ0n) is 10.5. The lowest BCUT2D eigenvalue weighted by atomic mass is 10.2. The highest BCUT2D eigenvalue weighted by molar-refractivity contribution is 7.81. The maximum absolute atomic E-state index is 11.9. The summed E-state index contributed by atoms with van der Waals surface area (Å²) in [5.74, 6) is 0.507. The Morgan fingerprint density at radius 2 is 1.89 bits per heavy atom. The Labute approximate surface area is 112 Å². The van der Waals surface area contributed by atoms with Gasteiger partial charge in [0.1, 0.15) is 18.5 Å². The van der Waals surface area contributed by atoms with Gasteiger partial charge in [0.05, 0.1) is 12.2 Å². The Bertz CT molecular complexity index is 407. The molecule has 106 valence electrons. The molecule has 0 saturated carbocycles. The maximum Gasteiger partial charge on any atom is 0.356 e. The van der Waals surface area contributed by atoms with Crippen LogP contribution in [0.25, 0.3) is 0 Å². The lowest BCUT2D eigenvalue weighted by Gasteiger charge is -2.10. The molecule has 1 rings (SSSR count). The molecular weight excluding hydrogens is 269 g/mol. The summed E-state index contributed by atoms with van der Waals surface area (Å²) in [6, 6.07) is 6.04. The first-order valence-corrected chi connectivity index (χ1v) is 7.81. The number of carbonyl (C=O) groups is 1. The van der Waals surface area contributed by atoms with E-state index < -0.39 is 13.2 Å². The lowest BCUT2D eigenvalue weighted by molar-refractivity contribution is 0.105. The van der Waals surface area contributed by atoms with Gasteiger partial charge in [-0.2, -0.15) is 0 Å². The number of hydrogen-bond donors (Lipinski definition) is 4. The van der Waals surface area contributed by atoms with Crippen LogP contribution >= 0.6 is 7.72 Å². The third-order valence-corrected chi connectivity index (χ3v) is 4.31. The number of ether oxygens (including phenoxy) is 1. The molecule has 0 aliphatic rings. The summed E-state index contributed by atoms with van der Waals surface area (Å²) in [6.45, 7) is 0.381. The van der Waals surface area contributed by atoms with Gasteiger partial charge in [-0.1, -0.05) is 0 Å². The molecular formula is C12H19NO5P+. The van der Waals surface area contributed by atoms with Gasteiger partial charge in [-0.25, -0.2) is 14.6 Å². The normalized spacial score (nSPS) is 11.4. The molecule has 0 amide bonds. The Morgan fingerprint density at radius 3 is 2.42 bits per heavy atom. The zero-order valence-corrected chi connectivity index (χ0v) is 11.4. The van der Waals surface area contributed by atoms with Crippen LogP contribution in [0.5, 0.6) is 5.75 Å². The summed E-state index contributed by atoms with van der Waals surface area (Å²) < 4.78 is 5.15.